The maximum Gasteiger partial charge on any atom is 0.289 e. The molecule has 3 amide bonds. The van der Waals surface area contributed by atoms with Crippen LogP contribution in [0.5, 0.6) is 11.5 Å². The Hall–Kier alpha value is -4.33. The molecule has 0 aliphatic carbocycles. The van der Waals surface area contributed by atoms with Gasteiger partial charge in [-0.2, -0.15) is 4.98 Å². The van der Waals surface area contributed by atoms with E-state index in [4.69, 9.17) is 23.9 Å². The molecule has 0 bridgehead atoms. The first-order valence-corrected chi connectivity index (χ1v) is 16.0. The highest BCUT2D eigenvalue weighted by Crippen LogP contribution is 2.35. The molecule has 2 fully saturated rings. The Labute approximate surface area is 265 Å². The molecule has 0 spiro atoms. The third-order valence-corrected chi connectivity index (χ3v) is 9.33. The fraction of sp³-hybridized carbons (Fsp3) is 0.484. The average Bonchev–Trinajstić information content (AvgIpc) is 3.79. The van der Waals surface area contributed by atoms with Crippen molar-refractivity contribution in [3.8, 4) is 11.5 Å². The Bertz CT molecular complexity index is 1560. The lowest BCUT2D eigenvalue weighted by Crippen LogP contribution is -2.49. The Morgan fingerprint density at radius 2 is 1.80 bits per heavy atom. The first-order valence-electron chi connectivity index (χ1n) is 15.0. The van der Waals surface area contributed by atoms with Crippen LogP contribution in [0, 0.1) is 5.92 Å². The highest BCUT2D eigenvalue weighted by Gasteiger charge is 2.36. The largest absolute Gasteiger partial charge is 0.493 e. The van der Waals surface area contributed by atoms with Gasteiger partial charge >= 0.3 is 0 Å². The monoisotopic (exact) mass is 638 g/mol. The summed E-state index contributed by atoms with van der Waals surface area (Å²) < 4.78 is 16.3. The molecule has 45 heavy (non-hydrogen) atoms. The Morgan fingerprint density at radius 3 is 2.47 bits per heavy atom. The number of carbonyl (C=O) groups is 4. The minimum absolute atomic E-state index is 0.0365. The molecule has 2 atom stereocenters. The van der Waals surface area contributed by atoms with E-state index >= 15 is 0 Å². The molecular formula is C31H38N6O7S. The molecule has 2 aliphatic heterocycles. The lowest BCUT2D eigenvalue weighted by molar-refractivity contribution is -0.139. The molecule has 1 N–H and O–H groups in total. The molecule has 240 valence electrons. The standard InChI is InChI=1S/C31H38N6O7S/c1-5-26(38)45-18-19(2)29(40)37-10-6-8-22(37)28(39)33-27-20-16-24(42-3)25(43-4)17-21(20)32-31(34-27)36-13-11-35(12-14-36)30(41)23-9-7-15-44-23/h7,9,15-17,19,22H,5-6,8,10-14,18H2,1-4H3,(H,32,33,34,39)/t19?,22-/m0/s1. The van der Waals surface area contributed by atoms with Gasteiger partial charge in [0, 0.05) is 62.3 Å². The molecule has 0 saturated carbocycles. The topological polar surface area (TPSA) is 147 Å². The minimum atomic E-state index is -0.670. The Morgan fingerprint density at radius 1 is 1.07 bits per heavy atom. The van der Waals surface area contributed by atoms with Crippen LogP contribution >= 0.6 is 11.8 Å². The van der Waals surface area contributed by atoms with Crippen LogP contribution in [-0.2, 0) is 14.4 Å². The number of rotatable bonds is 10. The van der Waals surface area contributed by atoms with Gasteiger partial charge in [0.25, 0.3) is 5.91 Å². The van der Waals surface area contributed by atoms with E-state index in [0.717, 1.165) is 11.8 Å². The van der Waals surface area contributed by atoms with Gasteiger partial charge in [-0.1, -0.05) is 25.6 Å². The summed E-state index contributed by atoms with van der Waals surface area (Å²) in [5.41, 5.74) is 0.535. The summed E-state index contributed by atoms with van der Waals surface area (Å²) in [6, 6.07) is 6.10. The number of piperazine rings is 1. The Balaban J connectivity index is 1.38. The molecule has 5 rings (SSSR count). The summed E-state index contributed by atoms with van der Waals surface area (Å²) in [4.78, 5) is 66.5. The van der Waals surface area contributed by atoms with Crippen LogP contribution in [0.1, 0.15) is 43.7 Å². The lowest BCUT2D eigenvalue weighted by Gasteiger charge is -2.34. The quantitative estimate of drug-likeness (QED) is 0.348. The van der Waals surface area contributed by atoms with Gasteiger partial charge in [-0.15, -0.1) is 0 Å². The van der Waals surface area contributed by atoms with Crippen molar-refractivity contribution in [2.24, 2.45) is 5.92 Å². The van der Waals surface area contributed by atoms with Crippen LogP contribution in [0.15, 0.2) is 34.9 Å². The van der Waals surface area contributed by atoms with Gasteiger partial charge in [0.1, 0.15) is 11.9 Å². The first kappa shape index (κ1) is 32.1. The maximum absolute atomic E-state index is 13.8. The van der Waals surface area contributed by atoms with Crippen molar-refractivity contribution in [2.75, 3.05) is 62.9 Å². The highest BCUT2D eigenvalue weighted by molar-refractivity contribution is 8.13. The van der Waals surface area contributed by atoms with Gasteiger partial charge in [0.05, 0.1) is 26.0 Å². The number of nitrogens with zero attached hydrogens (tertiary/aromatic N) is 5. The van der Waals surface area contributed by atoms with E-state index < -0.39 is 12.0 Å². The van der Waals surface area contributed by atoms with E-state index in [-0.39, 0.29) is 28.7 Å². The molecule has 2 saturated heterocycles. The molecule has 1 unspecified atom stereocenters. The number of hydrogen-bond acceptors (Lipinski definition) is 11. The molecule has 0 radical (unpaired) electrons. The molecule has 13 nitrogen and oxygen atoms in total. The fourth-order valence-corrected chi connectivity index (χ4v) is 6.31. The zero-order valence-corrected chi connectivity index (χ0v) is 26.7. The third kappa shape index (κ3) is 7.00. The predicted molar refractivity (Wildman–Crippen MR) is 170 cm³/mol. The molecule has 2 aromatic heterocycles. The minimum Gasteiger partial charge on any atom is -0.493 e. The van der Waals surface area contributed by atoms with Gasteiger partial charge in [-0.05, 0) is 31.0 Å². The number of fused-ring (bicyclic) bond motifs is 1. The van der Waals surface area contributed by atoms with Crippen LogP contribution in [-0.4, -0.2) is 101 Å². The molecule has 3 aromatic rings. The number of furan rings is 1. The fourth-order valence-electron chi connectivity index (χ4n) is 5.52. The van der Waals surface area contributed by atoms with Crippen LogP contribution in [0.2, 0.25) is 0 Å². The number of thioether (sulfide) groups is 1. The molecule has 1 aromatic carbocycles. The summed E-state index contributed by atoms with van der Waals surface area (Å²) >= 11 is 1.15. The summed E-state index contributed by atoms with van der Waals surface area (Å²) in [6.07, 6.45) is 3.09. The van der Waals surface area contributed by atoms with Gasteiger partial charge in [0.15, 0.2) is 22.4 Å². The van der Waals surface area contributed by atoms with Crippen molar-refractivity contribution < 1.29 is 33.1 Å². The second-order valence-corrected chi connectivity index (χ2v) is 12.0. The molecule has 14 heteroatoms. The number of carbonyl (C=O) groups excluding carboxylic acids is 4. The van der Waals surface area contributed by atoms with E-state index in [1.54, 1.807) is 47.9 Å². The van der Waals surface area contributed by atoms with Gasteiger partial charge in [-0.25, -0.2) is 4.98 Å². The normalized spacial score (nSPS) is 17.3. The summed E-state index contributed by atoms with van der Waals surface area (Å²) in [6.45, 7) is 5.87. The van der Waals surface area contributed by atoms with Crippen molar-refractivity contribution in [3.63, 3.8) is 0 Å². The first-order chi connectivity index (χ1) is 21.7. The van der Waals surface area contributed by atoms with Gasteiger partial charge in [-0.3, -0.25) is 19.2 Å². The van der Waals surface area contributed by atoms with E-state index in [0.29, 0.717) is 91.8 Å². The van der Waals surface area contributed by atoms with Gasteiger partial charge < -0.3 is 33.9 Å². The molecule has 4 heterocycles. The van der Waals surface area contributed by atoms with Crippen LogP contribution < -0.4 is 19.7 Å². The van der Waals surface area contributed by atoms with E-state index in [1.165, 1.54) is 20.5 Å². The third-order valence-electron chi connectivity index (χ3n) is 8.06. The zero-order valence-electron chi connectivity index (χ0n) is 25.9. The van der Waals surface area contributed by atoms with Crippen LogP contribution in [0.25, 0.3) is 10.9 Å². The van der Waals surface area contributed by atoms with E-state index in [1.807, 2.05) is 4.90 Å². The van der Waals surface area contributed by atoms with Crippen molar-refractivity contribution in [3.05, 3.63) is 36.3 Å². The summed E-state index contributed by atoms with van der Waals surface area (Å²) in [7, 11) is 3.06. The second kappa shape index (κ2) is 14.2. The highest BCUT2D eigenvalue weighted by atomic mass is 32.2. The number of nitrogens with one attached hydrogen (secondary N) is 1. The zero-order chi connectivity index (χ0) is 32.1. The molecular weight excluding hydrogens is 600 g/mol. The number of hydrogen-bond donors (Lipinski definition) is 1. The number of methoxy groups -OCH3 is 2. The maximum atomic E-state index is 13.8. The van der Waals surface area contributed by atoms with Crippen molar-refractivity contribution in [2.45, 2.75) is 39.2 Å². The predicted octanol–water partition coefficient (Wildman–Crippen LogP) is 3.44. The number of anilines is 2. The Kier molecular flexibility index (Phi) is 10.1. The van der Waals surface area contributed by atoms with E-state index in [9.17, 15) is 19.2 Å². The van der Waals surface area contributed by atoms with Crippen molar-refractivity contribution >= 4 is 57.3 Å². The smallest absolute Gasteiger partial charge is 0.289 e. The van der Waals surface area contributed by atoms with E-state index in [2.05, 4.69) is 5.32 Å². The van der Waals surface area contributed by atoms with Crippen molar-refractivity contribution in [1.82, 2.24) is 19.8 Å². The van der Waals surface area contributed by atoms with Crippen LogP contribution in [0.4, 0.5) is 11.8 Å². The number of aromatic nitrogens is 2. The number of likely N-dealkylation sites (tertiary alicyclic amines) is 1. The second-order valence-electron chi connectivity index (χ2n) is 11.0. The lowest BCUT2D eigenvalue weighted by atomic mass is 10.1. The number of benzene rings is 1. The summed E-state index contributed by atoms with van der Waals surface area (Å²) in [5, 5.41) is 3.57. The van der Waals surface area contributed by atoms with Crippen LogP contribution in [0.3, 0.4) is 0 Å². The van der Waals surface area contributed by atoms with Gasteiger partial charge in [0.2, 0.25) is 17.8 Å². The average molecular weight is 639 g/mol. The summed E-state index contributed by atoms with van der Waals surface area (Å²) in [5.74, 6) is 1.19. The number of amides is 3. The van der Waals surface area contributed by atoms with Crippen molar-refractivity contribution in [1.29, 1.82) is 0 Å². The number of ether oxygens (including phenoxy) is 2. The molecule has 2 aliphatic rings. The SMILES string of the molecule is CCC(=O)SCC(C)C(=O)N1CCC[C@H]1C(=O)Nc1nc(N2CCN(C(=O)c3ccco3)CC2)nc2cc(OC)c(OC)cc12.